The van der Waals surface area contributed by atoms with Crippen molar-refractivity contribution in [2.24, 2.45) is 0 Å². The summed E-state index contributed by atoms with van der Waals surface area (Å²) in [6.07, 6.45) is 0. The van der Waals surface area contributed by atoms with Crippen molar-refractivity contribution >= 4 is 15.7 Å². The van der Waals surface area contributed by atoms with Crippen molar-refractivity contribution in [3.05, 3.63) is 0 Å². The molecule has 0 atom stereocenters. The average Bonchev–Trinajstić information content (AvgIpc) is 1.57. The summed E-state index contributed by atoms with van der Waals surface area (Å²) >= 11 is 0. The maximum atomic E-state index is 12.3. The van der Waals surface area contributed by atoms with Crippen LogP contribution in [-0.2, 0) is 4.74 Å². The normalized spacial score (nSPS) is 13.6. The van der Waals surface area contributed by atoms with E-state index in [1.807, 2.05) is 0 Å². The van der Waals surface area contributed by atoms with Gasteiger partial charge in [-0.2, -0.15) is 0 Å². The van der Waals surface area contributed by atoms with Crippen molar-refractivity contribution in [3.63, 3.8) is 0 Å². The van der Waals surface area contributed by atoms with Crippen LogP contribution in [0.3, 0.4) is 0 Å². The monoisotopic (exact) mass is 140 g/mol. The molecule has 4 heteroatoms. The van der Waals surface area contributed by atoms with Crippen molar-refractivity contribution in [3.8, 4) is 0 Å². The van der Waals surface area contributed by atoms with Crippen molar-refractivity contribution in [2.75, 3.05) is 6.61 Å². The lowest BCUT2D eigenvalue weighted by atomic mass is 9.68. The molecule has 1 nitrogen and oxygen atoms in total. The van der Waals surface area contributed by atoms with Gasteiger partial charge in [-0.15, -0.1) is 0 Å². The lowest BCUT2D eigenvalue weighted by Crippen LogP contribution is -2.34. The van der Waals surface area contributed by atoms with Gasteiger partial charge in [-0.25, -0.2) is 0 Å². The Morgan fingerprint density at radius 3 is 1.80 bits per heavy atom. The van der Waals surface area contributed by atoms with Gasteiger partial charge in [0.1, 0.15) is 15.7 Å². The molecule has 0 aliphatic carbocycles. The first-order valence-electron chi connectivity index (χ1n) is 3.11. The zero-order valence-electron chi connectivity index (χ0n) is 6.65. The van der Waals surface area contributed by atoms with Gasteiger partial charge < -0.3 is 4.74 Å². The Bertz CT molecular complexity index is 89.3. The van der Waals surface area contributed by atoms with Crippen LogP contribution in [0.15, 0.2) is 0 Å². The van der Waals surface area contributed by atoms with Crippen LogP contribution < -0.4 is 0 Å². The Morgan fingerprint density at radius 1 is 1.30 bits per heavy atom. The van der Waals surface area contributed by atoms with E-state index < -0.39 is 11.1 Å². The van der Waals surface area contributed by atoms with Crippen LogP contribution in [0.5, 0.6) is 0 Å². The molecule has 54 valence electrons. The fourth-order valence-electron chi connectivity index (χ4n) is 0.327. The number of ether oxygens (including phenoxy) is 1. The summed E-state index contributed by atoms with van der Waals surface area (Å²) < 4.78 is 17.3. The van der Waals surface area contributed by atoms with Gasteiger partial charge in [-0.1, -0.05) is 0 Å². The zero-order chi connectivity index (χ0) is 8.41. The van der Waals surface area contributed by atoms with Crippen LogP contribution in [0.25, 0.3) is 0 Å². The second-order valence-electron chi connectivity index (χ2n) is 3.33. The van der Waals surface area contributed by atoms with Crippen LogP contribution in [0.2, 0.25) is 0 Å². The molecule has 4 radical (unpaired) electrons. The van der Waals surface area contributed by atoms with Gasteiger partial charge >= 0.3 is 0 Å². The molecule has 0 amide bonds. The molecule has 0 aromatic heterocycles. The molecule has 0 unspecified atom stereocenters. The zero-order valence-corrected chi connectivity index (χ0v) is 6.65. The third kappa shape index (κ3) is 8.02. The van der Waals surface area contributed by atoms with Crippen LogP contribution in [0, 0.1) is 0 Å². The highest BCUT2D eigenvalue weighted by molar-refractivity contribution is 6.39. The van der Waals surface area contributed by atoms with Crippen LogP contribution in [0.4, 0.5) is 4.39 Å². The standard InChI is InChI=1S/C6H11B2FO/c1-5(2,3)10-4-6(7,8)9/h4H2,1-3H3. The maximum Gasteiger partial charge on any atom is 0.110 e. The molecule has 0 heterocycles. The Morgan fingerprint density at radius 2 is 1.70 bits per heavy atom. The largest absolute Gasteiger partial charge is 0.374 e. The molecule has 0 fully saturated rings. The van der Waals surface area contributed by atoms with Crippen LogP contribution in [-0.4, -0.2) is 33.4 Å². The molecule has 0 rings (SSSR count). The van der Waals surface area contributed by atoms with E-state index in [9.17, 15) is 4.39 Å². The fraction of sp³-hybridized carbons (Fsp3) is 1.00. The van der Waals surface area contributed by atoms with Gasteiger partial charge in [0.15, 0.2) is 0 Å². The third-order valence-electron chi connectivity index (χ3n) is 0.726. The van der Waals surface area contributed by atoms with Crippen molar-refractivity contribution in [1.29, 1.82) is 0 Å². The van der Waals surface area contributed by atoms with Gasteiger partial charge in [0.25, 0.3) is 0 Å². The van der Waals surface area contributed by atoms with E-state index in [1.54, 1.807) is 20.8 Å². The molecule has 10 heavy (non-hydrogen) atoms. The summed E-state index contributed by atoms with van der Waals surface area (Å²) in [7, 11) is 9.66. The number of hydrogen-bond acceptors (Lipinski definition) is 1. The molecule has 0 saturated heterocycles. The highest BCUT2D eigenvalue weighted by Crippen LogP contribution is 2.10. The first kappa shape index (κ1) is 10.0. The smallest absolute Gasteiger partial charge is 0.110 e. The van der Waals surface area contributed by atoms with E-state index in [0.717, 1.165) is 0 Å². The second kappa shape index (κ2) is 2.95. The predicted molar refractivity (Wildman–Crippen MR) is 41.1 cm³/mol. The van der Waals surface area contributed by atoms with E-state index in [2.05, 4.69) is 0 Å². The van der Waals surface area contributed by atoms with E-state index in [1.165, 1.54) is 0 Å². The Kier molecular flexibility index (Phi) is 2.96. The first-order chi connectivity index (χ1) is 4.21. The van der Waals surface area contributed by atoms with Crippen LogP contribution in [0.1, 0.15) is 20.8 Å². The van der Waals surface area contributed by atoms with E-state index in [4.69, 9.17) is 20.4 Å². The predicted octanol–water partition coefficient (Wildman–Crippen LogP) is 0.762. The Labute approximate surface area is 64.1 Å². The van der Waals surface area contributed by atoms with E-state index >= 15 is 0 Å². The average molecular weight is 140 g/mol. The summed E-state index contributed by atoms with van der Waals surface area (Å²) in [5, 5.41) is 0. The molecule has 0 aromatic carbocycles. The molecular formula is C6H11B2FO. The summed E-state index contributed by atoms with van der Waals surface area (Å²) in [4.78, 5) is 0. The maximum absolute atomic E-state index is 12.3. The molecule has 0 bridgehead atoms. The minimum absolute atomic E-state index is 0.281. The molecule has 0 spiro atoms. The highest BCUT2D eigenvalue weighted by atomic mass is 19.1. The summed E-state index contributed by atoms with van der Waals surface area (Å²) in [5.41, 5.74) is -2.61. The van der Waals surface area contributed by atoms with Crippen molar-refractivity contribution < 1.29 is 9.13 Å². The summed E-state index contributed by atoms with van der Waals surface area (Å²) in [6.45, 7) is 5.13. The van der Waals surface area contributed by atoms with Gasteiger partial charge in [0.05, 0.1) is 17.7 Å². The van der Waals surface area contributed by atoms with Gasteiger partial charge in [-0.05, 0) is 20.8 Å². The lowest BCUT2D eigenvalue weighted by molar-refractivity contribution is -0.0231. The molecule has 0 aliphatic rings. The van der Waals surface area contributed by atoms with Crippen molar-refractivity contribution in [1.82, 2.24) is 0 Å². The number of halogens is 1. The van der Waals surface area contributed by atoms with Gasteiger partial charge in [0.2, 0.25) is 0 Å². The van der Waals surface area contributed by atoms with Gasteiger partial charge in [-0.3, -0.25) is 4.39 Å². The Hall–Kier alpha value is 0.0199. The fourth-order valence-corrected chi connectivity index (χ4v) is 0.327. The molecule has 0 aromatic rings. The minimum Gasteiger partial charge on any atom is -0.374 e. The van der Waals surface area contributed by atoms with Gasteiger partial charge in [0, 0.05) is 0 Å². The van der Waals surface area contributed by atoms with Crippen molar-refractivity contribution in [2.45, 2.75) is 31.8 Å². The van der Waals surface area contributed by atoms with E-state index in [-0.39, 0.29) is 6.61 Å². The molecule has 0 N–H and O–H groups in total. The SMILES string of the molecule is [B]C([B])(F)COC(C)(C)C. The van der Waals surface area contributed by atoms with E-state index in [0.29, 0.717) is 0 Å². The Balaban J connectivity index is 3.56. The molecular weight excluding hydrogens is 129 g/mol. The summed E-state index contributed by atoms with van der Waals surface area (Å²) in [6, 6.07) is 0. The second-order valence-corrected chi connectivity index (χ2v) is 3.33. The highest BCUT2D eigenvalue weighted by Gasteiger charge is 2.19. The topological polar surface area (TPSA) is 9.23 Å². The number of hydrogen-bond donors (Lipinski definition) is 0. The number of alkyl halides is 1. The minimum atomic E-state index is -2.21. The molecule has 0 saturated carbocycles. The van der Waals surface area contributed by atoms with Crippen LogP contribution >= 0.6 is 0 Å². The number of rotatable bonds is 2. The third-order valence-corrected chi connectivity index (χ3v) is 0.726. The summed E-state index contributed by atoms with van der Waals surface area (Å²) in [5.74, 6) is 0. The molecule has 0 aliphatic heterocycles. The lowest BCUT2D eigenvalue weighted by Gasteiger charge is -2.24. The quantitative estimate of drug-likeness (QED) is 0.514. The first-order valence-corrected chi connectivity index (χ1v) is 3.11.